The molecular weight excluding hydrogens is 417 g/mol. The van der Waals surface area contributed by atoms with Crippen molar-refractivity contribution in [1.29, 1.82) is 0 Å². The van der Waals surface area contributed by atoms with Crippen LogP contribution in [0.3, 0.4) is 0 Å². The molecule has 0 bridgehead atoms. The summed E-state index contributed by atoms with van der Waals surface area (Å²) in [5, 5.41) is 11.1. The summed E-state index contributed by atoms with van der Waals surface area (Å²) in [6.07, 6.45) is 1.65. The fourth-order valence-corrected chi connectivity index (χ4v) is 3.19. The Hall–Kier alpha value is -3.27. The van der Waals surface area contributed by atoms with Crippen LogP contribution < -0.4 is 10.1 Å². The van der Waals surface area contributed by atoms with Gasteiger partial charge in [-0.2, -0.15) is 0 Å². The number of allylic oxidation sites excluding steroid dienone is 1. The molecule has 0 aliphatic rings. The second-order valence-electron chi connectivity index (χ2n) is 6.01. The van der Waals surface area contributed by atoms with Crippen molar-refractivity contribution >= 4 is 23.4 Å². The zero-order valence-corrected chi connectivity index (χ0v) is 16.5. The number of hydrogen-bond acceptors (Lipinski definition) is 5. The molecule has 0 saturated carbocycles. The largest absolute Gasteiger partial charge is 0.486 e. The molecule has 0 unspecified atom stereocenters. The lowest BCUT2D eigenvalue weighted by atomic mass is 10.3. The molecule has 30 heavy (non-hydrogen) atoms. The smallest absolute Gasteiger partial charge is 0.234 e. The Morgan fingerprint density at radius 2 is 1.90 bits per heavy atom. The first-order chi connectivity index (χ1) is 14.5. The van der Waals surface area contributed by atoms with Crippen molar-refractivity contribution in [2.45, 2.75) is 18.3 Å². The Labute approximate surface area is 174 Å². The van der Waals surface area contributed by atoms with E-state index in [1.165, 1.54) is 30.3 Å². The van der Waals surface area contributed by atoms with Gasteiger partial charge >= 0.3 is 0 Å². The number of hydrogen-bond donors (Lipinski definition) is 1. The quantitative estimate of drug-likeness (QED) is 0.404. The lowest BCUT2D eigenvalue weighted by molar-refractivity contribution is -0.113. The molecule has 0 fully saturated rings. The average Bonchev–Trinajstić information content (AvgIpc) is 3.11. The van der Waals surface area contributed by atoms with Crippen molar-refractivity contribution in [3.8, 4) is 5.75 Å². The Kier molecular flexibility index (Phi) is 7.12. The van der Waals surface area contributed by atoms with Crippen LogP contribution in [0, 0.1) is 17.5 Å². The topological polar surface area (TPSA) is 69.0 Å². The van der Waals surface area contributed by atoms with Crippen LogP contribution in [0.15, 0.2) is 60.3 Å². The number of carbonyl (C=O) groups is 1. The van der Waals surface area contributed by atoms with Gasteiger partial charge in [-0.25, -0.2) is 13.2 Å². The molecule has 0 saturated heterocycles. The molecule has 156 valence electrons. The van der Waals surface area contributed by atoms with Gasteiger partial charge in [0.15, 0.2) is 22.6 Å². The predicted octanol–water partition coefficient (Wildman–Crippen LogP) is 4.19. The molecule has 1 amide bonds. The molecule has 10 heteroatoms. The third-order valence-electron chi connectivity index (χ3n) is 3.82. The van der Waals surface area contributed by atoms with Crippen LogP contribution in [0.1, 0.15) is 5.82 Å². The third kappa shape index (κ3) is 5.63. The first-order valence-electron chi connectivity index (χ1n) is 8.75. The number of anilines is 1. The Morgan fingerprint density at radius 3 is 2.60 bits per heavy atom. The molecule has 1 heterocycles. The summed E-state index contributed by atoms with van der Waals surface area (Å²) in [5.41, 5.74) is 0.153. The summed E-state index contributed by atoms with van der Waals surface area (Å²) < 4.78 is 46.5. The molecule has 1 N–H and O–H groups in total. The van der Waals surface area contributed by atoms with Crippen molar-refractivity contribution in [2.24, 2.45) is 0 Å². The predicted molar refractivity (Wildman–Crippen MR) is 107 cm³/mol. The second-order valence-corrected chi connectivity index (χ2v) is 6.95. The average molecular weight is 434 g/mol. The van der Waals surface area contributed by atoms with Gasteiger partial charge in [-0.1, -0.05) is 17.8 Å². The number of benzene rings is 2. The van der Waals surface area contributed by atoms with Gasteiger partial charge in [-0.3, -0.25) is 9.36 Å². The number of thioether (sulfide) groups is 1. The fraction of sp³-hybridized carbons (Fsp3) is 0.150. The summed E-state index contributed by atoms with van der Waals surface area (Å²) in [7, 11) is 0. The fourth-order valence-electron chi connectivity index (χ4n) is 2.42. The summed E-state index contributed by atoms with van der Waals surface area (Å²) in [4.78, 5) is 12.1. The van der Waals surface area contributed by atoms with E-state index >= 15 is 0 Å². The summed E-state index contributed by atoms with van der Waals surface area (Å²) in [6.45, 7) is 4.18. The Morgan fingerprint density at radius 1 is 1.13 bits per heavy atom. The van der Waals surface area contributed by atoms with Crippen LogP contribution in [-0.2, 0) is 17.9 Å². The van der Waals surface area contributed by atoms with Crippen molar-refractivity contribution in [3.63, 3.8) is 0 Å². The van der Waals surface area contributed by atoms with Crippen molar-refractivity contribution in [3.05, 3.63) is 78.4 Å². The van der Waals surface area contributed by atoms with E-state index < -0.39 is 17.5 Å². The van der Waals surface area contributed by atoms with Crippen molar-refractivity contribution < 1.29 is 22.7 Å². The van der Waals surface area contributed by atoms with E-state index in [4.69, 9.17) is 4.74 Å². The van der Waals surface area contributed by atoms with E-state index in [1.807, 2.05) is 0 Å². The molecule has 3 aromatic rings. The highest BCUT2D eigenvalue weighted by atomic mass is 32.2. The Bertz CT molecular complexity index is 1040. The number of nitrogens with one attached hydrogen (secondary N) is 1. The summed E-state index contributed by atoms with van der Waals surface area (Å²) >= 11 is 1.12. The number of carbonyl (C=O) groups excluding carboxylic acids is 1. The zero-order chi connectivity index (χ0) is 21.5. The van der Waals surface area contributed by atoms with Gasteiger partial charge in [0.25, 0.3) is 0 Å². The minimum atomic E-state index is -1.04. The molecule has 0 aliphatic carbocycles. The van der Waals surface area contributed by atoms with Gasteiger partial charge in [-0.15, -0.1) is 16.8 Å². The van der Waals surface area contributed by atoms with E-state index in [2.05, 4.69) is 22.1 Å². The molecule has 3 rings (SSSR count). The number of amides is 1. The maximum atomic E-state index is 13.2. The normalized spacial score (nSPS) is 10.6. The van der Waals surface area contributed by atoms with Gasteiger partial charge in [0.2, 0.25) is 5.91 Å². The van der Waals surface area contributed by atoms with E-state index in [0.29, 0.717) is 23.3 Å². The minimum absolute atomic E-state index is 0.0207. The molecule has 6 nitrogen and oxygen atoms in total. The molecule has 0 spiro atoms. The van der Waals surface area contributed by atoms with Crippen LogP contribution in [0.25, 0.3) is 0 Å². The molecule has 0 atom stereocenters. The number of ether oxygens (including phenoxy) is 1. The zero-order valence-electron chi connectivity index (χ0n) is 15.6. The van der Waals surface area contributed by atoms with E-state index in [0.717, 1.165) is 23.9 Å². The van der Waals surface area contributed by atoms with Gasteiger partial charge in [0.05, 0.1) is 5.75 Å². The summed E-state index contributed by atoms with van der Waals surface area (Å²) in [5.74, 6) is -1.85. The van der Waals surface area contributed by atoms with Gasteiger partial charge < -0.3 is 10.1 Å². The van der Waals surface area contributed by atoms with Crippen molar-refractivity contribution in [2.75, 3.05) is 11.1 Å². The number of halogens is 3. The van der Waals surface area contributed by atoms with Crippen molar-refractivity contribution in [1.82, 2.24) is 14.8 Å². The van der Waals surface area contributed by atoms with Crippen LogP contribution >= 0.6 is 11.8 Å². The van der Waals surface area contributed by atoms with E-state index in [9.17, 15) is 18.0 Å². The van der Waals surface area contributed by atoms with E-state index in [1.54, 1.807) is 10.6 Å². The maximum absolute atomic E-state index is 13.2. The van der Waals surface area contributed by atoms with Gasteiger partial charge in [0.1, 0.15) is 18.2 Å². The third-order valence-corrected chi connectivity index (χ3v) is 4.79. The highest BCUT2D eigenvalue weighted by Crippen LogP contribution is 2.20. The number of rotatable bonds is 9. The number of aromatic nitrogens is 3. The molecule has 1 aromatic heterocycles. The van der Waals surface area contributed by atoms with Gasteiger partial charge in [0, 0.05) is 18.3 Å². The summed E-state index contributed by atoms with van der Waals surface area (Å²) in [6, 6.07) is 8.69. The monoisotopic (exact) mass is 434 g/mol. The first-order valence-corrected chi connectivity index (χ1v) is 9.74. The minimum Gasteiger partial charge on any atom is -0.486 e. The molecule has 0 aliphatic heterocycles. The first kappa shape index (κ1) is 21.4. The molecule has 0 radical (unpaired) electrons. The second kappa shape index (κ2) is 9.97. The number of nitrogens with zero attached hydrogens (tertiary/aromatic N) is 3. The standard InChI is InChI=1S/C20H17F3N4O2S/c1-2-9-27-18(11-29-15-6-3-13(21)4-7-15)25-26-20(27)30-12-19(28)24-14-5-8-16(22)17(23)10-14/h2-8,10H,1,9,11-12H2,(H,24,28). The van der Waals surface area contributed by atoms with Crippen LogP contribution in [-0.4, -0.2) is 26.4 Å². The highest BCUT2D eigenvalue weighted by molar-refractivity contribution is 7.99. The van der Waals surface area contributed by atoms with Gasteiger partial charge in [-0.05, 0) is 36.4 Å². The highest BCUT2D eigenvalue weighted by Gasteiger charge is 2.15. The van der Waals surface area contributed by atoms with E-state index in [-0.39, 0.29) is 23.9 Å². The lowest BCUT2D eigenvalue weighted by Crippen LogP contribution is -2.15. The molecule has 2 aromatic carbocycles. The Balaban J connectivity index is 1.60. The van der Waals surface area contributed by atoms with Crippen LogP contribution in [0.5, 0.6) is 5.75 Å². The SMILES string of the molecule is C=CCn1c(COc2ccc(F)cc2)nnc1SCC(=O)Nc1ccc(F)c(F)c1. The maximum Gasteiger partial charge on any atom is 0.234 e. The molecular formula is C20H17F3N4O2S. The van der Waals surface area contributed by atoms with Crippen LogP contribution in [0.2, 0.25) is 0 Å². The lowest BCUT2D eigenvalue weighted by Gasteiger charge is -2.09. The van der Waals surface area contributed by atoms with Crippen LogP contribution in [0.4, 0.5) is 18.9 Å².